The molecule has 3 rings (SSSR count). The van der Waals surface area contributed by atoms with Crippen molar-refractivity contribution < 1.29 is 45.7 Å². The van der Waals surface area contributed by atoms with E-state index in [-0.39, 0.29) is 24.6 Å². The standard InChI is InChI=1S/C19H22F6N2O4/c20-18(21,22)11-30-10-17(29)5-3-16(4-6-17)7-8-27(15(16)28)13-1-2-14(26-9-13)31-12-19(23,24)25/h1-2,9,29H,3-8,10-12H2. The molecule has 174 valence electrons. The third-order valence-electron chi connectivity index (χ3n) is 5.70. The van der Waals surface area contributed by atoms with Crippen LogP contribution in [-0.4, -0.2) is 60.3 Å². The smallest absolute Gasteiger partial charge is 0.422 e. The van der Waals surface area contributed by atoms with Gasteiger partial charge in [-0.3, -0.25) is 4.79 Å². The Morgan fingerprint density at radius 1 is 1.00 bits per heavy atom. The van der Waals surface area contributed by atoms with Gasteiger partial charge in [-0.15, -0.1) is 0 Å². The van der Waals surface area contributed by atoms with Crippen molar-refractivity contribution >= 4 is 11.6 Å². The number of nitrogens with zero attached hydrogens (tertiary/aromatic N) is 2. The van der Waals surface area contributed by atoms with E-state index in [9.17, 15) is 36.2 Å². The normalized spacial score (nSPS) is 27.2. The molecule has 1 N–H and O–H groups in total. The van der Waals surface area contributed by atoms with Crippen LogP contribution in [0.4, 0.5) is 32.0 Å². The van der Waals surface area contributed by atoms with E-state index in [1.165, 1.54) is 23.2 Å². The average molecular weight is 456 g/mol. The van der Waals surface area contributed by atoms with Crippen LogP contribution in [0.25, 0.3) is 0 Å². The lowest BCUT2D eigenvalue weighted by Crippen LogP contribution is -2.46. The lowest BCUT2D eigenvalue weighted by atomic mass is 9.68. The van der Waals surface area contributed by atoms with E-state index >= 15 is 0 Å². The van der Waals surface area contributed by atoms with Crippen LogP contribution >= 0.6 is 0 Å². The second kappa shape index (κ2) is 8.45. The summed E-state index contributed by atoms with van der Waals surface area (Å²) in [6, 6.07) is 2.69. The molecule has 31 heavy (non-hydrogen) atoms. The molecule has 2 fully saturated rings. The molecule has 12 heteroatoms. The van der Waals surface area contributed by atoms with Gasteiger partial charge < -0.3 is 19.5 Å². The number of pyridine rings is 1. The zero-order valence-electron chi connectivity index (χ0n) is 16.4. The molecule has 1 aromatic rings. The fourth-order valence-corrected chi connectivity index (χ4v) is 4.00. The van der Waals surface area contributed by atoms with Gasteiger partial charge in [0.15, 0.2) is 6.61 Å². The molecule has 1 saturated heterocycles. The first kappa shape index (κ1) is 23.6. The minimum absolute atomic E-state index is 0.132. The first-order chi connectivity index (χ1) is 14.3. The van der Waals surface area contributed by atoms with E-state index in [0.717, 1.165) is 0 Å². The maximum atomic E-state index is 13.0. The molecule has 2 aliphatic rings. The molecule has 0 atom stereocenters. The Bertz CT molecular complexity index is 773. The quantitative estimate of drug-likeness (QED) is 0.662. The van der Waals surface area contributed by atoms with Crippen molar-refractivity contribution in [2.45, 2.75) is 50.1 Å². The van der Waals surface area contributed by atoms with Crippen molar-refractivity contribution in [1.29, 1.82) is 0 Å². The van der Waals surface area contributed by atoms with E-state index in [0.29, 0.717) is 31.5 Å². The van der Waals surface area contributed by atoms with Gasteiger partial charge in [-0.25, -0.2) is 4.98 Å². The number of hydrogen-bond acceptors (Lipinski definition) is 5. The summed E-state index contributed by atoms with van der Waals surface area (Å²) in [7, 11) is 0. The Kier molecular flexibility index (Phi) is 6.43. The predicted octanol–water partition coefficient (Wildman–Crippen LogP) is 3.63. The number of hydrogen-bond donors (Lipinski definition) is 1. The highest BCUT2D eigenvalue weighted by Gasteiger charge is 2.51. The molecule has 1 aromatic heterocycles. The molecule has 0 aromatic carbocycles. The van der Waals surface area contributed by atoms with Crippen LogP contribution in [0.1, 0.15) is 32.1 Å². The molecule has 0 radical (unpaired) electrons. The molecular formula is C19H22F6N2O4. The van der Waals surface area contributed by atoms with E-state index in [2.05, 4.69) is 14.5 Å². The monoisotopic (exact) mass is 456 g/mol. The summed E-state index contributed by atoms with van der Waals surface area (Å²) in [5, 5.41) is 10.5. The number of carbonyl (C=O) groups is 1. The summed E-state index contributed by atoms with van der Waals surface area (Å²) in [5.41, 5.74) is -1.74. The maximum absolute atomic E-state index is 13.0. The SMILES string of the molecule is O=C1N(c2ccc(OCC(F)(F)F)nc2)CCC12CCC(O)(COCC(F)(F)F)CC2. The summed E-state index contributed by atoms with van der Waals surface area (Å²) in [4.78, 5) is 18.3. The topological polar surface area (TPSA) is 71.9 Å². The summed E-state index contributed by atoms with van der Waals surface area (Å²) in [6.45, 7) is -3.00. The van der Waals surface area contributed by atoms with Gasteiger partial charge in [-0.2, -0.15) is 26.3 Å². The lowest BCUT2D eigenvalue weighted by molar-refractivity contribution is -0.191. The van der Waals surface area contributed by atoms with Gasteiger partial charge in [0.05, 0.1) is 29.5 Å². The zero-order chi connectivity index (χ0) is 22.9. The number of halogens is 6. The third-order valence-corrected chi connectivity index (χ3v) is 5.70. The van der Waals surface area contributed by atoms with Gasteiger partial charge in [0, 0.05) is 12.6 Å². The van der Waals surface area contributed by atoms with Crippen molar-refractivity contribution in [3.63, 3.8) is 0 Å². The molecule has 0 unspecified atom stereocenters. The van der Waals surface area contributed by atoms with Crippen molar-refractivity contribution in [2.24, 2.45) is 5.41 Å². The van der Waals surface area contributed by atoms with Crippen molar-refractivity contribution in [3.05, 3.63) is 18.3 Å². The van der Waals surface area contributed by atoms with Crippen molar-refractivity contribution in [2.75, 3.05) is 31.3 Å². The van der Waals surface area contributed by atoms with Gasteiger partial charge in [-0.05, 0) is 38.2 Å². The highest BCUT2D eigenvalue weighted by Crippen LogP contribution is 2.48. The summed E-state index contributed by atoms with van der Waals surface area (Å²) >= 11 is 0. The largest absolute Gasteiger partial charge is 0.468 e. The Balaban J connectivity index is 1.56. The number of alkyl halides is 6. The third kappa shape index (κ3) is 6.00. The van der Waals surface area contributed by atoms with Crippen LogP contribution in [0.15, 0.2) is 18.3 Å². The minimum Gasteiger partial charge on any atom is -0.468 e. The molecule has 2 heterocycles. The fourth-order valence-electron chi connectivity index (χ4n) is 4.00. The second-order valence-corrected chi connectivity index (χ2v) is 8.08. The number of anilines is 1. The number of rotatable bonds is 6. The Labute approximate surface area is 174 Å². The molecule has 0 bridgehead atoms. The van der Waals surface area contributed by atoms with Crippen LogP contribution in [0.5, 0.6) is 5.88 Å². The average Bonchev–Trinajstić information content (AvgIpc) is 2.98. The van der Waals surface area contributed by atoms with Gasteiger partial charge in [0.2, 0.25) is 11.8 Å². The first-order valence-electron chi connectivity index (χ1n) is 9.65. The number of ether oxygens (including phenoxy) is 2. The second-order valence-electron chi connectivity index (χ2n) is 8.08. The number of aliphatic hydroxyl groups is 1. The summed E-state index contributed by atoms with van der Waals surface area (Å²) < 4.78 is 82.5. The Morgan fingerprint density at radius 2 is 1.65 bits per heavy atom. The van der Waals surface area contributed by atoms with Crippen molar-refractivity contribution in [3.8, 4) is 5.88 Å². The Morgan fingerprint density at radius 3 is 2.19 bits per heavy atom. The van der Waals surface area contributed by atoms with Gasteiger partial charge in [0.1, 0.15) is 6.61 Å². The van der Waals surface area contributed by atoms with E-state index in [1.54, 1.807) is 0 Å². The van der Waals surface area contributed by atoms with E-state index in [1.807, 2.05) is 0 Å². The van der Waals surface area contributed by atoms with Gasteiger partial charge >= 0.3 is 12.4 Å². The Hall–Kier alpha value is -2.08. The van der Waals surface area contributed by atoms with Crippen LogP contribution in [0.2, 0.25) is 0 Å². The molecule has 1 spiro atoms. The van der Waals surface area contributed by atoms with Gasteiger partial charge in [0.25, 0.3) is 0 Å². The number of aromatic nitrogens is 1. The molecular weight excluding hydrogens is 434 g/mol. The molecule has 6 nitrogen and oxygen atoms in total. The number of carbonyl (C=O) groups excluding carboxylic acids is 1. The molecule has 1 aliphatic carbocycles. The first-order valence-corrected chi connectivity index (χ1v) is 9.65. The van der Waals surface area contributed by atoms with Crippen LogP contribution in [0.3, 0.4) is 0 Å². The minimum atomic E-state index is -4.49. The highest BCUT2D eigenvalue weighted by atomic mass is 19.4. The van der Waals surface area contributed by atoms with Gasteiger partial charge in [-0.1, -0.05) is 0 Å². The summed E-state index contributed by atoms with van der Waals surface area (Å²) in [6.07, 6.45) is -6.35. The van der Waals surface area contributed by atoms with E-state index in [4.69, 9.17) is 0 Å². The zero-order valence-corrected chi connectivity index (χ0v) is 16.4. The fraction of sp³-hybridized carbons (Fsp3) is 0.684. The molecule has 1 aliphatic heterocycles. The van der Waals surface area contributed by atoms with Crippen LogP contribution < -0.4 is 9.64 Å². The lowest BCUT2D eigenvalue weighted by Gasteiger charge is -2.40. The molecule has 1 amide bonds. The van der Waals surface area contributed by atoms with Crippen LogP contribution in [0, 0.1) is 5.41 Å². The van der Waals surface area contributed by atoms with Crippen molar-refractivity contribution in [1.82, 2.24) is 4.98 Å². The summed E-state index contributed by atoms with van der Waals surface area (Å²) in [5.74, 6) is -0.416. The van der Waals surface area contributed by atoms with Crippen LogP contribution in [-0.2, 0) is 9.53 Å². The maximum Gasteiger partial charge on any atom is 0.422 e. The predicted molar refractivity (Wildman–Crippen MR) is 95.5 cm³/mol. The van der Waals surface area contributed by atoms with E-state index < -0.39 is 43.2 Å². The highest BCUT2D eigenvalue weighted by molar-refractivity contribution is 5.99. The molecule has 1 saturated carbocycles. The number of amides is 1.